The van der Waals surface area contributed by atoms with Crippen LogP contribution >= 0.6 is 0 Å². The molecular formula is C25H36N2O4. The van der Waals surface area contributed by atoms with Gasteiger partial charge in [0.1, 0.15) is 42.3 Å². The molecule has 2 aromatic rings. The van der Waals surface area contributed by atoms with Crippen LogP contribution in [0, 0.1) is 0 Å². The second kappa shape index (κ2) is 12.9. The van der Waals surface area contributed by atoms with Crippen LogP contribution in [0.5, 0.6) is 23.0 Å². The van der Waals surface area contributed by atoms with Crippen molar-refractivity contribution in [1.29, 1.82) is 0 Å². The highest BCUT2D eigenvalue weighted by Gasteiger charge is 2.19. The number of ether oxygens (including phenoxy) is 4. The van der Waals surface area contributed by atoms with Crippen molar-refractivity contribution in [3.05, 3.63) is 60.2 Å². The Morgan fingerprint density at radius 2 is 1.39 bits per heavy atom. The quantitative estimate of drug-likeness (QED) is 0.462. The Bertz CT molecular complexity index is 786. The van der Waals surface area contributed by atoms with E-state index in [1.807, 2.05) is 75.4 Å². The Balaban J connectivity index is 1.83. The summed E-state index contributed by atoms with van der Waals surface area (Å²) in [5.41, 5.74) is 13.4. The molecule has 0 aliphatic rings. The summed E-state index contributed by atoms with van der Waals surface area (Å²) in [5.74, 6) is 3.01. The van der Waals surface area contributed by atoms with E-state index in [1.165, 1.54) is 5.57 Å². The van der Waals surface area contributed by atoms with Gasteiger partial charge in [-0.05, 0) is 81.8 Å². The molecule has 170 valence electrons. The van der Waals surface area contributed by atoms with Crippen LogP contribution in [0.4, 0.5) is 0 Å². The summed E-state index contributed by atoms with van der Waals surface area (Å²) in [5, 5.41) is 0. The van der Waals surface area contributed by atoms with Gasteiger partial charge in [-0.15, -0.1) is 0 Å². The van der Waals surface area contributed by atoms with Crippen molar-refractivity contribution in [1.82, 2.24) is 0 Å². The average molecular weight is 429 g/mol. The second-order valence-corrected chi connectivity index (χ2v) is 7.74. The van der Waals surface area contributed by atoms with Crippen molar-refractivity contribution in [3.63, 3.8) is 0 Å². The number of nitrogens with two attached hydrogens (primary N) is 2. The van der Waals surface area contributed by atoms with E-state index in [1.54, 1.807) is 0 Å². The van der Waals surface area contributed by atoms with Gasteiger partial charge >= 0.3 is 0 Å². The monoisotopic (exact) mass is 428 g/mol. The fourth-order valence-electron chi connectivity index (χ4n) is 2.63. The third-order valence-electron chi connectivity index (χ3n) is 4.74. The van der Waals surface area contributed by atoms with Crippen LogP contribution in [0.25, 0.3) is 0 Å². The highest BCUT2D eigenvalue weighted by molar-refractivity contribution is 5.32. The predicted molar refractivity (Wildman–Crippen MR) is 125 cm³/mol. The van der Waals surface area contributed by atoms with Crippen LogP contribution in [0.3, 0.4) is 0 Å². The van der Waals surface area contributed by atoms with E-state index in [4.69, 9.17) is 30.4 Å². The van der Waals surface area contributed by atoms with E-state index in [0.29, 0.717) is 18.1 Å². The van der Waals surface area contributed by atoms with Crippen LogP contribution in [-0.4, -0.2) is 38.0 Å². The molecule has 2 aromatic carbocycles. The lowest BCUT2D eigenvalue weighted by atomic mass is 10.2. The van der Waals surface area contributed by atoms with Crippen LogP contribution in [0.15, 0.2) is 60.2 Å². The zero-order chi connectivity index (χ0) is 22.6. The molecule has 6 heteroatoms. The molecule has 2 rings (SSSR count). The van der Waals surface area contributed by atoms with E-state index in [2.05, 4.69) is 6.92 Å². The maximum Gasteiger partial charge on any atom is 0.129 e. The first-order valence-corrected chi connectivity index (χ1v) is 10.8. The number of benzene rings is 2. The predicted octanol–water partition coefficient (Wildman–Crippen LogP) is 4.32. The van der Waals surface area contributed by atoms with Crippen LogP contribution in [0.2, 0.25) is 0 Å². The molecule has 0 saturated heterocycles. The lowest BCUT2D eigenvalue weighted by molar-refractivity contribution is 0.142. The standard InChI is InChI=1S/C25H36N2O4/c1-5-19(4)30-22-10-12-23(13-11-22)31-25(16-26)24(27)17-29-21-8-6-20(7-9-21)28-15-14-18(2)3/h6-14,19,24-25H,5,15-17,26-27H2,1-4H3. The number of hydrogen-bond donors (Lipinski definition) is 2. The first-order chi connectivity index (χ1) is 14.9. The summed E-state index contributed by atoms with van der Waals surface area (Å²) in [7, 11) is 0. The maximum atomic E-state index is 6.28. The molecule has 0 amide bonds. The molecule has 6 nitrogen and oxygen atoms in total. The molecule has 0 aliphatic heterocycles. The summed E-state index contributed by atoms with van der Waals surface area (Å²) < 4.78 is 23.2. The van der Waals surface area contributed by atoms with Gasteiger partial charge in [-0.2, -0.15) is 0 Å². The van der Waals surface area contributed by atoms with Crippen LogP contribution in [0.1, 0.15) is 34.1 Å². The third-order valence-corrected chi connectivity index (χ3v) is 4.74. The van der Waals surface area contributed by atoms with Gasteiger partial charge in [0.2, 0.25) is 0 Å². The van der Waals surface area contributed by atoms with Crippen molar-refractivity contribution in [3.8, 4) is 23.0 Å². The molecule has 3 unspecified atom stereocenters. The highest BCUT2D eigenvalue weighted by atomic mass is 16.5. The molecule has 4 N–H and O–H groups in total. The molecule has 0 spiro atoms. The minimum Gasteiger partial charge on any atom is -0.492 e. The van der Waals surface area contributed by atoms with Gasteiger partial charge < -0.3 is 30.4 Å². The molecule has 0 saturated carbocycles. The fourth-order valence-corrected chi connectivity index (χ4v) is 2.63. The Morgan fingerprint density at radius 1 is 0.871 bits per heavy atom. The minimum absolute atomic E-state index is 0.173. The number of rotatable bonds is 13. The topological polar surface area (TPSA) is 89.0 Å². The SMILES string of the molecule is CCC(C)Oc1ccc(OC(CN)C(N)COc2ccc(OCC=C(C)C)cc2)cc1. The summed E-state index contributed by atoms with van der Waals surface area (Å²) in [6, 6.07) is 14.6. The normalized spacial score (nSPS) is 13.6. The molecule has 0 aromatic heterocycles. The van der Waals surface area contributed by atoms with Gasteiger partial charge in [-0.25, -0.2) is 0 Å². The van der Waals surface area contributed by atoms with E-state index in [0.717, 1.165) is 17.9 Å². The molecule has 31 heavy (non-hydrogen) atoms. The second-order valence-electron chi connectivity index (χ2n) is 7.74. The molecule has 0 bridgehead atoms. The van der Waals surface area contributed by atoms with Gasteiger partial charge in [0.25, 0.3) is 0 Å². The smallest absolute Gasteiger partial charge is 0.129 e. The van der Waals surface area contributed by atoms with Gasteiger partial charge in [0, 0.05) is 6.54 Å². The first kappa shape index (κ1) is 24.6. The van der Waals surface area contributed by atoms with E-state index < -0.39 is 0 Å². The van der Waals surface area contributed by atoms with E-state index in [9.17, 15) is 0 Å². The lowest BCUT2D eigenvalue weighted by Crippen LogP contribution is -2.47. The average Bonchev–Trinajstić information content (AvgIpc) is 2.77. The van der Waals surface area contributed by atoms with E-state index in [-0.39, 0.29) is 31.4 Å². The van der Waals surface area contributed by atoms with Crippen molar-refractivity contribution < 1.29 is 18.9 Å². The van der Waals surface area contributed by atoms with Gasteiger partial charge in [-0.1, -0.05) is 12.5 Å². The Hall–Kier alpha value is -2.70. The summed E-state index contributed by atoms with van der Waals surface area (Å²) in [6.45, 7) is 9.33. The third kappa shape index (κ3) is 8.90. The molecule has 0 aliphatic carbocycles. The zero-order valence-corrected chi connectivity index (χ0v) is 19.0. The van der Waals surface area contributed by atoms with Crippen molar-refractivity contribution in [2.75, 3.05) is 19.8 Å². The van der Waals surface area contributed by atoms with E-state index >= 15 is 0 Å². The zero-order valence-electron chi connectivity index (χ0n) is 19.0. The van der Waals surface area contributed by atoms with Gasteiger partial charge in [-0.3, -0.25) is 0 Å². The van der Waals surface area contributed by atoms with Crippen LogP contribution < -0.4 is 30.4 Å². The Labute approximate surface area is 186 Å². The molecule has 0 fully saturated rings. The molecular weight excluding hydrogens is 392 g/mol. The molecule has 0 heterocycles. The van der Waals surface area contributed by atoms with Gasteiger partial charge in [0.05, 0.1) is 12.1 Å². The maximum absolute atomic E-state index is 6.28. The van der Waals surface area contributed by atoms with Crippen molar-refractivity contribution in [2.45, 2.75) is 52.4 Å². The largest absolute Gasteiger partial charge is 0.492 e. The summed E-state index contributed by atoms with van der Waals surface area (Å²) in [4.78, 5) is 0. The van der Waals surface area contributed by atoms with Gasteiger partial charge in [0.15, 0.2) is 0 Å². The van der Waals surface area contributed by atoms with Crippen LogP contribution in [-0.2, 0) is 0 Å². The highest BCUT2D eigenvalue weighted by Crippen LogP contribution is 2.21. The number of hydrogen-bond acceptors (Lipinski definition) is 6. The van der Waals surface area contributed by atoms with Crippen molar-refractivity contribution >= 4 is 0 Å². The first-order valence-electron chi connectivity index (χ1n) is 10.8. The molecule has 0 radical (unpaired) electrons. The Kier molecular flexibility index (Phi) is 10.2. The number of allylic oxidation sites excluding steroid dienone is 1. The van der Waals surface area contributed by atoms with Crippen molar-refractivity contribution in [2.24, 2.45) is 11.5 Å². The summed E-state index contributed by atoms with van der Waals surface area (Å²) in [6.07, 6.45) is 2.79. The minimum atomic E-state index is -0.380. The molecule has 3 atom stereocenters. The Morgan fingerprint density at radius 3 is 1.90 bits per heavy atom. The summed E-state index contributed by atoms with van der Waals surface area (Å²) >= 11 is 0. The lowest BCUT2D eigenvalue weighted by Gasteiger charge is -2.24. The fraction of sp³-hybridized carbons (Fsp3) is 0.440.